The van der Waals surface area contributed by atoms with Gasteiger partial charge in [0.1, 0.15) is 0 Å². The topological polar surface area (TPSA) is 90.5 Å². The van der Waals surface area contributed by atoms with Crippen LogP contribution in [-0.4, -0.2) is 64.3 Å². The quantitative estimate of drug-likeness (QED) is 0.187. The molecule has 180 valence electrons. The standard InChI is InChI=1S/C23H43IN4O3/c1-17(2)9-11-23(5,28-18(3)7-6-8-19(28)4)15-21(30)25-12-10-20(29)26-13-14-27-22(31)16-24/h17-19H,6-16H2,1-5H3,(H,25,30)(H,26,29)(H,27,31). The summed E-state index contributed by atoms with van der Waals surface area (Å²) in [6.45, 7) is 12.4. The molecule has 0 aromatic heterocycles. The van der Waals surface area contributed by atoms with Crippen molar-refractivity contribution < 1.29 is 14.4 Å². The fourth-order valence-electron chi connectivity index (χ4n) is 4.66. The maximum Gasteiger partial charge on any atom is 0.229 e. The van der Waals surface area contributed by atoms with Crippen molar-refractivity contribution in [3.05, 3.63) is 0 Å². The minimum absolute atomic E-state index is 0.0124. The number of likely N-dealkylation sites (tertiary alicyclic amines) is 1. The van der Waals surface area contributed by atoms with Gasteiger partial charge in [-0.15, -0.1) is 0 Å². The molecule has 1 aliphatic rings. The van der Waals surface area contributed by atoms with Crippen LogP contribution in [0.3, 0.4) is 0 Å². The predicted molar refractivity (Wildman–Crippen MR) is 134 cm³/mol. The largest absolute Gasteiger partial charge is 0.356 e. The van der Waals surface area contributed by atoms with Gasteiger partial charge >= 0.3 is 0 Å². The Bertz CT molecular complexity index is 577. The molecule has 7 nitrogen and oxygen atoms in total. The smallest absolute Gasteiger partial charge is 0.229 e. The van der Waals surface area contributed by atoms with Gasteiger partial charge in [0.2, 0.25) is 17.7 Å². The highest BCUT2D eigenvalue weighted by Crippen LogP contribution is 2.36. The van der Waals surface area contributed by atoms with Crippen LogP contribution in [0.5, 0.6) is 0 Å². The average Bonchev–Trinajstić information content (AvgIpc) is 2.69. The van der Waals surface area contributed by atoms with Gasteiger partial charge in [-0.25, -0.2) is 0 Å². The normalized spacial score (nSPS) is 21.4. The zero-order valence-electron chi connectivity index (χ0n) is 20.1. The van der Waals surface area contributed by atoms with Crippen LogP contribution in [0.25, 0.3) is 0 Å². The highest BCUT2D eigenvalue weighted by molar-refractivity contribution is 14.1. The van der Waals surface area contributed by atoms with Crippen molar-refractivity contribution >= 4 is 40.3 Å². The Labute approximate surface area is 202 Å². The van der Waals surface area contributed by atoms with E-state index in [1.165, 1.54) is 19.3 Å². The lowest BCUT2D eigenvalue weighted by molar-refractivity contribution is -0.126. The number of carbonyl (C=O) groups excluding carboxylic acids is 3. The number of hydrogen-bond donors (Lipinski definition) is 3. The van der Waals surface area contributed by atoms with Gasteiger partial charge in [-0.1, -0.05) is 42.9 Å². The summed E-state index contributed by atoms with van der Waals surface area (Å²) in [5, 5.41) is 8.42. The van der Waals surface area contributed by atoms with Crippen LogP contribution < -0.4 is 16.0 Å². The molecule has 3 atom stereocenters. The molecule has 0 spiro atoms. The van der Waals surface area contributed by atoms with Crippen molar-refractivity contribution in [1.29, 1.82) is 0 Å². The van der Waals surface area contributed by atoms with Gasteiger partial charge in [-0.3, -0.25) is 19.3 Å². The molecule has 3 amide bonds. The molecule has 31 heavy (non-hydrogen) atoms. The number of hydrogen-bond acceptors (Lipinski definition) is 4. The maximum absolute atomic E-state index is 12.8. The summed E-state index contributed by atoms with van der Waals surface area (Å²) in [6.07, 6.45) is 6.40. The van der Waals surface area contributed by atoms with Crippen LogP contribution >= 0.6 is 22.6 Å². The lowest BCUT2D eigenvalue weighted by atomic mass is 9.81. The number of alkyl halides is 1. The van der Waals surface area contributed by atoms with Crippen molar-refractivity contribution in [2.75, 3.05) is 24.1 Å². The Morgan fingerprint density at radius 2 is 1.52 bits per heavy atom. The van der Waals surface area contributed by atoms with E-state index in [2.05, 4.69) is 55.5 Å². The molecule has 3 N–H and O–H groups in total. The van der Waals surface area contributed by atoms with Crippen LogP contribution in [0, 0.1) is 5.92 Å². The highest BCUT2D eigenvalue weighted by Gasteiger charge is 2.40. The zero-order valence-corrected chi connectivity index (χ0v) is 22.2. The number of amides is 3. The summed E-state index contributed by atoms with van der Waals surface area (Å²) >= 11 is 1.99. The van der Waals surface area contributed by atoms with Gasteiger partial charge in [-0.2, -0.15) is 0 Å². The van der Waals surface area contributed by atoms with Crippen LogP contribution in [0.4, 0.5) is 0 Å². The Balaban J connectivity index is 2.51. The molecule has 1 fully saturated rings. The number of carbonyl (C=O) groups is 3. The van der Waals surface area contributed by atoms with Crippen molar-refractivity contribution in [1.82, 2.24) is 20.9 Å². The van der Waals surface area contributed by atoms with Gasteiger partial charge in [0.25, 0.3) is 0 Å². The summed E-state index contributed by atoms with van der Waals surface area (Å²) in [4.78, 5) is 38.5. The first-order chi connectivity index (χ1) is 14.6. The monoisotopic (exact) mass is 550 g/mol. The first kappa shape index (κ1) is 28.1. The van der Waals surface area contributed by atoms with Crippen LogP contribution in [0.1, 0.15) is 79.6 Å². The van der Waals surface area contributed by atoms with Gasteiger partial charge in [-0.05, 0) is 52.4 Å². The molecule has 1 saturated heterocycles. The lowest BCUT2D eigenvalue weighted by Crippen LogP contribution is -2.58. The third kappa shape index (κ3) is 10.5. The summed E-state index contributed by atoms with van der Waals surface area (Å²) in [6, 6.07) is 0.958. The van der Waals surface area contributed by atoms with E-state index >= 15 is 0 Å². The van der Waals surface area contributed by atoms with E-state index in [4.69, 9.17) is 0 Å². The molecule has 0 saturated carbocycles. The van der Waals surface area contributed by atoms with Crippen molar-refractivity contribution in [2.24, 2.45) is 5.92 Å². The molecule has 0 aromatic carbocycles. The molecule has 1 rings (SSSR count). The first-order valence-corrected chi connectivity index (χ1v) is 13.3. The lowest BCUT2D eigenvalue weighted by Gasteiger charge is -2.51. The van der Waals surface area contributed by atoms with Gasteiger partial charge in [0.05, 0.1) is 4.43 Å². The van der Waals surface area contributed by atoms with Crippen molar-refractivity contribution in [2.45, 2.75) is 97.2 Å². The molecule has 8 heteroatoms. The van der Waals surface area contributed by atoms with E-state index in [0.717, 1.165) is 12.8 Å². The second-order valence-electron chi connectivity index (χ2n) is 9.58. The zero-order chi connectivity index (χ0) is 23.4. The fourth-order valence-corrected chi connectivity index (χ4v) is 4.93. The number of nitrogens with zero attached hydrogens (tertiary/aromatic N) is 1. The van der Waals surface area contributed by atoms with Crippen LogP contribution in [-0.2, 0) is 14.4 Å². The van der Waals surface area contributed by atoms with E-state index in [0.29, 0.717) is 48.5 Å². The van der Waals surface area contributed by atoms with E-state index in [9.17, 15) is 14.4 Å². The molecule has 1 aliphatic heterocycles. The summed E-state index contributed by atoms with van der Waals surface area (Å²) in [5.41, 5.74) is -0.174. The van der Waals surface area contributed by atoms with Crippen molar-refractivity contribution in [3.8, 4) is 0 Å². The predicted octanol–water partition coefficient (Wildman–Crippen LogP) is 3.01. The SMILES string of the molecule is CC(C)CCC(C)(CC(=O)NCCC(=O)NCCNC(=O)CI)N1C(C)CCCC1C. The number of piperidine rings is 1. The van der Waals surface area contributed by atoms with Crippen LogP contribution in [0.15, 0.2) is 0 Å². The number of halogens is 1. The van der Waals surface area contributed by atoms with Gasteiger partial charge in [0.15, 0.2) is 0 Å². The third-order valence-corrected chi connectivity index (χ3v) is 6.88. The minimum atomic E-state index is -0.174. The number of nitrogens with one attached hydrogen (secondary N) is 3. The molecular formula is C23H43IN4O3. The first-order valence-electron chi connectivity index (χ1n) is 11.7. The summed E-state index contributed by atoms with van der Waals surface area (Å²) in [5.74, 6) is 0.450. The summed E-state index contributed by atoms with van der Waals surface area (Å²) in [7, 11) is 0. The molecule has 0 bridgehead atoms. The van der Waals surface area contributed by atoms with Gasteiger partial charge in [0, 0.05) is 50.1 Å². The number of rotatable bonds is 13. The molecule has 0 aliphatic carbocycles. The third-order valence-electron chi connectivity index (χ3n) is 6.18. The van der Waals surface area contributed by atoms with Crippen LogP contribution in [0.2, 0.25) is 0 Å². The summed E-state index contributed by atoms with van der Waals surface area (Å²) < 4.78 is 0.406. The molecule has 0 radical (unpaired) electrons. The Morgan fingerprint density at radius 1 is 0.968 bits per heavy atom. The van der Waals surface area contributed by atoms with E-state index < -0.39 is 0 Å². The second-order valence-corrected chi connectivity index (χ2v) is 10.3. The Kier molecular flexibility index (Phi) is 13.0. The van der Waals surface area contributed by atoms with Gasteiger partial charge < -0.3 is 16.0 Å². The molecule has 0 aromatic rings. The van der Waals surface area contributed by atoms with Crippen molar-refractivity contribution in [3.63, 3.8) is 0 Å². The Morgan fingerprint density at radius 3 is 2.06 bits per heavy atom. The fraction of sp³-hybridized carbons (Fsp3) is 0.870. The average molecular weight is 551 g/mol. The molecule has 3 unspecified atom stereocenters. The minimum Gasteiger partial charge on any atom is -0.356 e. The van der Waals surface area contributed by atoms with E-state index in [1.807, 2.05) is 22.6 Å². The second kappa shape index (κ2) is 14.3. The molecular weight excluding hydrogens is 507 g/mol. The van der Waals surface area contributed by atoms with E-state index in [1.54, 1.807) is 0 Å². The highest BCUT2D eigenvalue weighted by atomic mass is 127. The van der Waals surface area contributed by atoms with E-state index in [-0.39, 0.29) is 29.7 Å². The maximum atomic E-state index is 12.8. The molecule has 1 heterocycles. The Hall–Kier alpha value is -0.900.